The summed E-state index contributed by atoms with van der Waals surface area (Å²) in [6.45, 7) is 6.97. The van der Waals surface area contributed by atoms with Crippen molar-refractivity contribution in [3.63, 3.8) is 0 Å². The Hall–Kier alpha value is -3.57. The van der Waals surface area contributed by atoms with Crippen LogP contribution in [0.25, 0.3) is 16.6 Å². The molecule has 0 N–H and O–H groups in total. The molecule has 0 aliphatic carbocycles. The molecule has 2 aromatic carbocycles. The van der Waals surface area contributed by atoms with Gasteiger partial charge in [0, 0.05) is 56.1 Å². The fraction of sp³-hybridized carbons (Fsp3) is 0.250. The molecule has 3 heterocycles. The maximum Gasteiger partial charge on any atom is 0.180 e. The Morgan fingerprint density at radius 2 is 1.61 bits per heavy atom. The summed E-state index contributed by atoms with van der Waals surface area (Å²) in [5.74, 6) is 1.94. The summed E-state index contributed by atoms with van der Waals surface area (Å²) in [5.41, 5.74) is 5.75. The van der Waals surface area contributed by atoms with Crippen LogP contribution in [0.5, 0.6) is 5.75 Å². The quantitative estimate of drug-likeness (QED) is 0.455. The first kappa shape index (κ1) is 21.3. The highest BCUT2D eigenvalue weighted by Crippen LogP contribution is 2.37. The smallest absolute Gasteiger partial charge is 0.180 e. The summed E-state index contributed by atoms with van der Waals surface area (Å²) < 4.78 is 7.78. The minimum Gasteiger partial charge on any atom is -0.496 e. The van der Waals surface area contributed by atoms with E-state index in [1.165, 1.54) is 11.1 Å². The van der Waals surface area contributed by atoms with Gasteiger partial charge in [-0.2, -0.15) is 0 Å². The lowest BCUT2D eigenvalue weighted by atomic mass is 10.1. The van der Waals surface area contributed by atoms with E-state index >= 15 is 0 Å². The summed E-state index contributed by atoms with van der Waals surface area (Å²) in [6, 6.07) is 24.3. The van der Waals surface area contributed by atoms with E-state index in [1.54, 1.807) is 19.2 Å². The number of hydrogen-bond acceptors (Lipinski definition) is 4. The standard InChI is InChI=1S/C28H29N3O2/c1-21-7-9-22(10-8-21)20-29-15-17-30(18-16-29)28-19-25(24-5-3-4-6-27(24)33-2)26-12-11-23(32)13-14-31(26)28/h3-14,19H,15-18,20H2,1-2H3. The second kappa shape index (κ2) is 9.12. The van der Waals surface area contributed by atoms with Crippen LogP contribution in [0.2, 0.25) is 0 Å². The van der Waals surface area contributed by atoms with Gasteiger partial charge >= 0.3 is 0 Å². The van der Waals surface area contributed by atoms with E-state index in [1.807, 2.05) is 30.5 Å². The van der Waals surface area contributed by atoms with Crippen molar-refractivity contribution in [3.8, 4) is 16.9 Å². The first-order chi connectivity index (χ1) is 16.1. The Balaban J connectivity index is 1.46. The van der Waals surface area contributed by atoms with Crippen LogP contribution < -0.4 is 15.1 Å². The normalized spacial score (nSPS) is 14.5. The SMILES string of the molecule is COc1ccccc1-c1cc(N2CCN(Cc3ccc(C)cc3)CC2)n2ccc(=O)ccc12. The van der Waals surface area contributed by atoms with Crippen molar-refractivity contribution in [1.29, 1.82) is 0 Å². The van der Waals surface area contributed by atoms with Crippen LogP contribution in [0.3, 0.4) is 0 Å². The number of anilines is 1. The van der Waals surface area contributed by atoms with Gasteiger partial charge in [0.1, 0.15) is 11.6 Å². The van der Waals surface area contributed by atoms with E-state index in [9.17, 15) is 4.79 Å². The van der Waals surface area contributed by atoms with Crippen LogP contribution in [0.4, 0.5) is 5.82 Å². The van der Waals surface area contributed by atoms with Crippen molar-refractivity contribution in [3.05, 3.63) is 100 Å². The maximum atomic E-state index is 12.1. The third-order valence-electron chi connectivity index (χ3n) is 6.47. The van der Waals surface area contributed by atoms with Crippen molar-refractivity contribution in [1.82, 2.24) is 9.30 Å². The molecule has 1 aliphatic rings. The van der Waals surface area contributed by atoms with Crippen LogP contribution in [0.1, 0.15) is 11.1 Å². The molecule has 0 saturated carbocycles. The van der Waals surface area contributed by atoms with Crippen LogP contribution >= 0.6 is 0 Å². The highest BCUT2D eigenvalue weighted by atomic mass is 16.5. The number of ether oxygens (including phenoxy) is 1. The van der Waals surface area contributed by atoms with Gasteiger partial charge < -0.3 is 14.0 Å². The van der Waals surface area contributed by atoms with Crippen molar-refractivity contribution in [2.24, 2.45) is 0 Å². The van der Waals surface area contributed by atoms with Gasteiger partial charge in [0.25, 0.3) is 0 Å². The molecular weight excluding hydrogens is 410 g/mol. The maximum absolute atomic E-state index is 12.1. The fourth-order valence-electron chi connectivity index (χ4n) is 4.63. The Kier molecular flexibility index (Phi) is 5.88. The molecule has 0 atom stereocenters. The van der Waals surface area contributed by atoms with Gasteiger partial charge in [0.2, 0.25) is 0 Å². The summed E-state index contributed by atoms with van der Waals surface area (Å²) in [4.78, 5) is 17.0. The molecule has 5 nitrogen and oxygen atoms in total. The topological polar surface area (TPSA) is 37.2 Å². The number of piperazine rings is 1. The number of methoxy groups -OCH3 is 1. The molecule has 4 aromatic rings. The Labute approximate surface area is 194 Å². The lowest BCUT2D eigenvalue weighted by Crippen LogP contribution is -2.46. The average Bonchev–Trinajstić information content (AvgIpc) is 3.10. The van der Waals surface area contributed by atoms with Gasteiger partial charge in [-0.3, -0.25) is 9.69 Å². The molecule has 5 heteroatoms. The predicted octanol–water partition coefficient (Wildman–Crippen LogP) is 4.61. The minimum absolute atomic E-state index is 0.00135. The van der Waals surface area contributed by atoms with Crippen molar-refractivity contribution in [2.45, 2.75) is 13.5 Å². The van der Waals surface area contributed by atoms with E-state index in [2.05, 4.69) is 57.5 Å². The Bertz CT molecular complexity index is 1320. The van der Waals surface area contributed by atoms with Gasteiger partial charge in [-0.05, 0) is 36.8 Å². The molecular formula is C28H29N3O2. The second-order valence-electron chi connectivity index (χ2n) is 8.67. The third kappa shape index (κ3) is 4.37. The van der Waals surface area contributed by atoms with E-state index in [0.29, 0.717) is 0 Å². The summed E-state index contributed by atoms with van der Waals surface area (Å²) in [6.07, 6.45) is 1.89. The number of aromatic nitrogens is 1. The zero-order valence-electron chi connectivity index (χ0n) is 19.2. The van der Waals surface area contributed by atoms with Crippen LogP contribution in [-0.2, 0) is 6.54 Å². The highest BCUT2D eigenvalue weighted by Gasteiger charge is 2.22. The summed E-state index contributed by atoms with van der Waals surface area (Å²) >= 11 is 0. The van der Waals surface area contributed by atoms with E-state index in [0.717, 1.165) is 60.9 Å². The largest absolute Gasteiger partial charge is 0.496 e. The van der Waals surface area contributed by atoms with Crippen molar-refractivity contribution >= 4 is 11.3 Å². The van der Waals surface area contributed by atoms with Crippen LogP contribution in [0.15, 0.2) is 83.8 Å². The van der Waals surface area contributed by atoms with Gasteiger partial charge in [-0.25, -0.2) is 0 Å². The third-order valence-corrected chi connectivity index (χ3v) is 6.47. The number of hydrogen-bond donors (Lipinski definition) is 0. The molecule has 1 aliphatic heterocycles. The number of nitrogens with zero attached hydrogens (tertiary/aromatic N) is 3. The van der Waals surface area contributed by atoms with Crippen molar-refractivity contribution < 1.29 is 4.74 Å². The number of benzene rings is 2. The molecule has 33 heavy (non-hydrogen) atoms. The van der Waals surface area contributed by atoms with Gasteiger partial charge in [-0.15, -0.1) is 0 Å². The molecule has 0 unspecified atom stereocenters. The zero-order chi connectivity index (χ0) is 22.8. The van der Waals surface area contributed by atoms with E-state index in [4.69, 9.17) is 4.74 Å². The molecule has 5 rings (SSSR count). The average molecular weight is 440 g/mol. The van der Waals surface area contributed by atoms with E-state index in [-0.39, 0.29) is 5.43 Å². The number of fused-ring (bicyclic) bond motifs is 1. The lowest BCUT2D eigenvalue weighted by molar-refractivity contribution is 0.249. The van der Waals surface area contributed by atoms with Gasteiger partial charge in [0.05, 0.1) is 12.6 Å². The second-order valence-corrected chi connectivity index (χ2v) is 8.67. The highest BCUT2D eigenvalue weighted by molar-refractivity contribution is 5.88. The number of aryl methyl sites for hydroxylation is 1. The zero-order valence-corrected chi connectivity index (χ0v) is 19.2. The van der Waals surface area contributed by atoms with Gasteiger partial charge in [0.15, 0.2) is 5.43 Å². The van der Waals surface area contributed by atoms with Crippen molar-refractivity contribution in [2.75, 3.05) is 38.2 Å². The molecule has 0 amide bonds. The summed E-state index contributed by atoms with van der Waals surface area (Å²) in [7, 11) is 1.70. The number of rotatable bonds is 5. The number of para-hydroxylation sites is 1. The molecule has 2 aromatic heterocycles. The molecule has 0 spiro atoms. The molecule has 168 valence electrons. The van der Waals surface area contributed by atoms with Gasteiger partial charge in [-0.1, -0.05) is 48.0 Å². The Morgan fingerprint density at radius 1 is 0.848 bits per heavy atom. The Morgan fingerprint density at radius 3 is 2.36 bits per heavy atom. The van der Waals surface area contributed by atoms with E-state index < -0.39 is 0 Å². The minimum atomic E-state index is -0.00135. The molecule has 1 saturated heterocycles. The monoisotopic (exact) mass is 439 g/mol. The van der Waals surface area contributed by atoms with Crippen LogP contribution in [-0.4, -0.2) is 42.6 Å². The summed E-state index contributed by atoms with van der Waals surface area (Å²) in [5, 5.41) is 0. The fourth-order valence-corrected chi connectivity index (χ4v) is 4.63. The van der Waals surface area contributed by atoms with Crippen LogP contribution in [0, 0.1) is 6.92 Å². The first-order valence-corrected chi connectivity index (χ1v) is 11.4. The lowest BCUT2D eigenvalue weighted by Gasteiger charge is -2.35. The predicted molar refractivity (Wildman–Crippen MR) is 134 cm³/mol. The molecule has 1 fully saturated rings. The molecule has 0 radical (unpaired) electrons. The first-order valence-electron chi connectivity index (χ1n) is 11.4. The molecule has 0 bridgehead atoms.